The highest BCUT2D eigenvalue weighted by molar-refractivity contribution is 5.88. The Bertz CT molecular complexity index is 1170. The number of rotatable bonds is 3. The van der Waals surface area contributed by atoms with E-state index in [-0.39, 0.29) is 6.09 Å². The monoisotopic (exact) mass is 448 g/mol. The molecule has 1 aliphatic heterocycles. The smallest absolute Gasteiger partial charge is 0.410 e. The number of likely N-dealkylation sites (tertiary alicyclic amines) is 1. The number of nitrogens with zero attached hydrogens (tertiary/aromatic N) is 5. The van der Waals surface area contributed by atoms with E-state index in [2.05, 4.69) is 33.6 Å². The van der Waals surface area contributed by atoms with E-state index < -0.39 is 5.60 Å². The molecule has 33 heavy (non-hydrogen) atoms. The number of fused-ring (bicyclic) bond motifs is 2. The minimum Gasteiger partial charge on any atom is -0.444 e. The minimum atomic E-state index is -0.452. The molecule has 5 rings (SSSR count). The average molecular weight is 449 g/mol. The van der Waals surface area contributed by atoms with Crippen LogP contribution in [0.15, 0.2) is 30.5 Å². The number of hydrogen-bond donors (Lipinski definition) is 1. The van der Waals surface area contributed by atoms with Crippen molar-refractivity contribution in [2.24, 2.45) is 18.9 Å². The molecular formula is C25H32N6O2. The van der Waals surface area contributed by atoms with E-state index in [9.17, 15) is 4.79 Å². The highest BCUT2D eigenvalue weighted by atomic mass is 16.6. The van der Waals surface area contributed by atoms with Crippen molar-refractivity contribution in [2.75, 3.05) is 18.4 Å². The van der Waals surface area contributed by atoms with Gasteiger partial charge in [-0.2, -0.15) is 5.10 Å². The summed E-state index contributed by atoms with van der Waals surface area (Å²) < 4.78 is 7.38. The fraction of sp³-hybridized carbons (Fsp3) is 0.520. The van der Waals surface area contributed by atoms with Gasteiger partial charge in [-0.05, 0) is 76.1 Å². The predicted octanol–water partition coefficient (Wildman–Crippen LogP) is 4.40. The van der Waals surface area contributed by atoms with Gasteiger partial charge in [0.25, 0.3) is 0 Å². The first kappa shape index (κ1) is 21.7. The maximum absolute atomic E-state index is 12.4. The Morgan fingerprint density at radius 3 is 2.45 bits per heavy atom. The van der Waals surface area contributed by atoms with Crippen molar-refractivity contribution in [2.45, 2.75) is 52.2 Å². The summed E-state index contributed by atoms with van der Waals surface area (Å²) in [5, 5.41) is 18.1. The zero-order valence-corrected chi connectivity index (χ0v) is 20.0. The van der Waals surface area contributed by atoms with E-state index >= 15 is 0 Å². The van der Waals surface area contributed by atoms with Crippen molar-refractivity contribution >= 4 is 22.8 Å². The highest BCUT2D eigenvalue weighted by Gasteiger charge is 2.43. The third kappa shape index (κ3) is 4.38. The topological polar surface area (TPSA) is 85.2 Å². The molecule has 0 radical (unpaired) electrons. The van der Waals surface area contributed by atoms with Gasteiger partial charge in [0.1, 0.15) is 11.4 Å². The first-order chi connectivity index (χ1) is 15.7. The van der Waals surface area contributed by atoms with Crippen molar-refractivity contribution in [3.05, 3.63) is 36.0 Å². The lowest BCUT2D eigenvalue weighted by atomic mass is 10.0. The van der Waals surface area contributed by atoms with E-state index in [1.54, 1.807) is 0 Å². The number of nitrogens with one attached hydrogen (secondary N) is 1. The summed E-state index contributed by atoms with van der Waals surface area (Å²) in [7, 11) is 1.94. The summed E-state index contributed by atoms with van der Waals surface area (Å²) in [4.78, 5) is 14.2. The molecule has 3 atom stereocenters. The first-order valence-corrected chi connectivity index (χ1v) is 11.7. The fourth-order valence-electron chi connectivity index (χ4n) is 5.28. The van der Waals surface area contributed by atoms with Crippen LogP contribution in [0, 0.1) is 18.8 Å². The molecule has 0 bridgehead atoms. The van der Waals surface area contributed by atoms with Gasteiger partial charge < -0.3 is 15.0 Å². The molecule has 0 spiro atoms. The van der Waals surface area contributed by atoms with Crippen LogP contribution in [0.25, 0.3) is 22.2 Å². The zero-order chi connectivity index (χ0) is 23.3. The second kappa shape index (κ2) is 8.01. The third-order valence-corrected chi connectivity index (χ3v) is 6.77. The number of ether oxygens (including phenoxy) is 1. The molecule has 3 aromatic rings. The van der Waals surface area contributed by atoms with Gasteiger partial charge in [-0.15, -0.1) is 10.2 Å². The number of aryl methyl sites for hydroxylation is 2. The number of anilines is 1. The summed E-state index contributed by atoms with van der Waals surface area (Å²) >= 11 is 0. The molecule has 1 amide bonds. The van der Waals surface area contributed by atoms with Crippen molar-refractivity contribution in [1.82, 2.24) is 24.9 Å². The van der Waals surface area contributed by atoms with Crippen molar-refractivity contribution in [3.8, 4) is 11.3 Å². The van der Waals surface area contributed by atoms with Crippen LogP contribution in [-0.4, -0.2) is 55.7 Å². The molecule has 3 heterocycles. The van der Waals surface area contributed by atoms with Gasteiger partial charge >= 0.3 is 6.09 Å². The van der Waals surface area contributed by atoms with Crippen LogP contribution in [-0.2, 0) is 11.8 Å². The van der Waals surface area contributed by atoms with Gasteiger partial charge in [-0.1, -0.05) is 6.07 Å². The molecule has 1 aromatic carbocycles. The number of carbonyl (C=O) groups is 1. The molecule has 2 unspecified atom stereocenters. The Hall–Kier alpha value is -3.16. The standard InChI is InChI=1S/C25H32N6O2/c1-15-19(6-7-22-20(15)14-30(5)29-22)21-8-9-23(28-27-21)26-18-10-16-12-31(13-17(16)11-18)24(32)33-25(2,3)4/h6-9,14,16-18H,10-13H2,1-5H3,(H,26,28)/t16-,17?,18?/m1/s1. The van der Waals surface area contributed by atoms with Crippen LogP contribution in [0.3, 0.4) is 0 Å². The van der Waals surface area contributed by atoms with Crippen LogP contribution in [0.4, 0.5) is 10.6 Å². The summed E-state index contributed by atoms with van der Waals surface area (Å²) in [6.45, 7) is 9.38. The maximum atomic E-state index is 12.4. The summed E-state index contributed by atoms with van der Waals surface area (Å²) in [5.74, 6) is 1.82. The molecule has 1 saturated carbocycles. The van der Waals surface area contributed by atoms with E-state index in [0.29, 0.717) is 17.9 Å². The lowest BCUT2D eigenvalue weighted by Gasteiger charge is -2.25. The first-order valence-electron chi connectivity index (χ1n) is 11.7. The van der Waals surface area contributed by atoms with Crippen molar-refractivity contribution in [3.63, 3.8) is 0 Å². The van der Waals surface area contributed by atoms with Gasteiger partial charge in [0, 0.05) is 43.3 Å². The molecule has 174 valence electrons. The average Bonchev–Trinajstić information content (AvgIpc) is 3.40. The molecule has 2 aliphatic rings. The van der Waals surface area contributed by atoms with Crippen molar-refractivity contribution < 1.29 is 9.53 Å². The molecule has 2 fully saturated rings. The van der Waals surface area contributed by atoms with Crippen LogP contribution in [0.2, 0.25) is 0 Å². The Morgan fingerprint density at radius 1 is 1.09 bits per heavy atom. The Morgan fingerprint density at radius 2 is 1.82 bits per heavy atom. The van der Waals surface area contributed by atoms with Crippen LogP contribution >= 0.6 is 0 Å². The van der Waals surface area contributed by atoms with Crippen LogP contribution in [0.5, 0.6) is 0 Å². The molecular weight excluding hydrogens is 416 g/mol. The van der Waals surface area contributed by atoms with Crippen LogP contribution in [0.1, 0.15) is 39.2 Å². The van der Waals surface area contributed by atoms with E-state index in [1.165, 1.54) is 0 Å². The molecule has 2 aromatic heterocycles. The summed E-state index contributed by atoms with van der Waals surface area (Å²) in [5.41, 5.74) is 3.63. The second-order valence-corrected chi connectivity index (χ2v) is 10.5. The normalized spacial score (nSPS) is 22.6. The third-order valence-electron chi connectivity index (χ3n) is 6.77. The summed E-state index contributed by atoms with van der Waals surface area (Å²) in [6, 6.07) is 8.49. The lowest BCUT2D eigenvalue weighted by Crippen LogP contribution is -2.36. The SMILES string of the molecule is Cc1c(-c2ccc(NC3CC4CN(C(=O)OC(C)(C)C)C[C@H]4C3)nn2)ccc2nn(C)cc12. The molecule has 1 saturated heterocycles. The van der Waals surface area contributed by atoms with Gasteiger partial charge in [0.05, 0.1) is 11.2 Å². The number of aromatic nitrogens is 4. The molecule has 1 aliphatic carbocycles. The number of carbonyl (C=O) groups excluding carboxylic acids is 1. The molecule has 8 nitrogen and oxygen atoms in total. The number of hydrogen-bond acceptors (Lipinski definition) is 6. The second-order valence-electron chi connectivity index (χ2n) is 10.5. The van der Waals surface area contributed by atoms with E-state index in [4.69, 9.17) is 4.74 Å². The minimum absolute atomic E-state index is 0.192. The quantitative estimate of drug-likeness (QED) is 0.639. The zero-order valence-electron chi connectivity index (χ0n) is 20.0. The highest BCUT2D eigenvalue weighted by Crippen LogP contribution is 2.39. The Kier molecular flexibility index (Phi) is 5.26. The Labute approximate surface area is 194 Å². The Balaban J connectivity index is 1.20. The maximum Gasteiger partial charge on any atom is 0.410 e. The number of benzene rings is 1. The van der Waals surface area contributed by atoms with Gasteiger partial charge in [-0.3, -0.25) is 4.68 Å². The van der Waals surface area contributed by atoms with Gasteiger partial charge in [-0.25, -0.2) is 4.79 Å². The fourth-order valence-corrected chi connectivity index (χ4v) is 5.28. The molecule has 8 heteroatoms. The van der Waals surface area contributed by atoms with Crippen molar-refractivity contribution in [1.29, 1.82) is 0 Å². The number of amides is 1. The van der Waals surface area contributed by atoms with Gasteiger partial charge in [0.15, 0.2) is 0 Å². The predicted molar refractivity (Wildman–Crippen MR) is 128 cm³/mol. The largest absolute Gasteiger partial charge is 0.444 e. The van der Waals surface area contributed by atoms with E-state index in [1.807, 2.05) is 61.8 Å². The van der Waals surface area contributed by atoms with Crippen LogP contribution < -0.4 is 5.32 Å². The summed E-state index contributed by atoms with van der Waals surface area (Å²) in [6.07, 6.45) is 3.91. The molecule has 1 N–H and O–H groups in total. The lowest BCUT2D eigenvalue weighted by molar-refractivity contribution is 0.0280. The van der Waals surface area contributed by atoms with E-state index in [0.717, 1.165) is 59.5 Å². The van der Waals surface area contributed by atoms with Gasteiger partial charge in [0.2, 0.25) is 0 Å².